The molecular formula is C11H15ClN2. The Bertz CT molecular complexity index is 332. The van der Waals surface area contributed by atoms with E-state index in [2.05, 4.69) is 24.2 Å². The molecular weight excluding hydrogens is 196 g/mol. The molecule has 0 aliphatic heterocycles. The van der Waals surface area contributed by atoms with Crippen LogP contribution in [-0.4, -0.2) is 13.4 Å². The Morgan fingerprint density at radius 2 is 2.14 bits per heavy atom. The fourth-order valence-electron chi connectivity index (χ4n) is 1.28. The molecule has 1 rings (SSSR count). The zero-order chi connectivity index (χ0) is 10.6. The molecule has 2 nitrogen and oxygen atoms in total. The van der Waals surface area contributed by atoms with Gasteiger partial charge in [0.25, 0.3) is 0 Å². The first-order valence-electron chi connectivity index (χ1n) is 4.61. The molecule has 1 aromatic rings. The molecule has 0 aromatic heterocycles. The second-order valence-electron chi connectivity index (χ2n) is 3.42. The number of hydrogen-bond donors (Lipinski definition) is 1. The lowest BCUT2D eigenvalue weighted by molar-refractivity contribution is 0.870. The number of anilines is 1. The number of aliphatic imine (C=N–C) groups is 1. The van der Waals surface area contributed by atoms with Crippen LogP contribution in [0.15, 0.2) is 23.2 Å². The van der Waals surface area contributed by atoms with Gasteiger partial charge in [-0.05, 0) is 29.7 Å². The molecule has 0 saturated carbocycles. The van der Waals surface area contributed by atoms with E-state index in [0.717, 1.165) is 10.7 Å². The zero-order valence-electron chi connectivity index (χ0n) is 8.71. The van der Waals surface area contributed by atoms with Crippen molar-refractivity contribution in [1.82, 2.24) is 0 Å². The second kappa shape index (κ2) is 5.01. The molecule has 0 heterocycles. The SMILES string of the molecule is CN=CNc1ccc(Cl)cc1C(C)C. The normalized spacial score (nSPS) is 11.2. The highest BCUT2D eigenvalue weighted by molar-refractivity contribution is 6.30. The molecule has 0 spiro atoms. The van der Waals surface area contributed by atoms with Crippen molar-refractivity contribution >= 4 is 23.6 Å². The molecule has 0 fully saturated rings. The van der Waals surface area contributed by atoms with Crippen LogP contribution >= 0.6 is 11.6 Å². The number of halogens is 1. The van der Waals surface area contributed by atoms with Crippen LogP contribution in [0.1, 0.15) is 25.3 Å². The molecule has 1 aromatic carbocycles. The number of benzene rings is 1. The highest BCUT2D eigenvalue weighted by Gasteiger charge is 2.05. The zero-order valence-corrected chi connectivity index (χ0v) is 9.47. The van der Waals surface area contributed by atoms with Crippen LogP contribution in [0.2, 0.25) is 5.02 Å². The molecule has 76 valence electrons. The van der Waals surface area contributed by atoms with E-state index in [-0.39, 0.29) is 0 Å². The van der Waals surface area contributed by atoms with E-state index >= 15 is 0 Å². The van der Waals surface area contributed by atoms with Crippen LogP contribution in [0.25, 0.3) is 0 Å². The van der Waals surface area contributed by atoms with Crippen molar-refractivity contribution in [2.75, 3.05) is 12.4 Å². The van der Waals surface area contributed by atoms with Gasteiger partial charge in [0, 0.05) is 17.8 Å². The molecule has 14 heavy (non-hydrogen) atoms. The fourth-order valence-corrected chi connectivity index (χ4v) is 1.46. The molecule has 3 heteroatoms. The lowest BCUT2D eigenvalue weighted by atomic mass is 10.0. The summed E-state index contributed by atoms with van der Waals surface area (Å²) >= 11 is 5.93. The topological polar surface area (TPSA) is 24.4 Å². The summed E-state index contributed by atoms with van der Waals surface area (Å²) in [4.78, 5) is 3.88. The van der Waals surface area contributed by atoms with Gasteiger partial charge in [-0.3, -0.25) is 4.99 Å². The van der Waals surface area contributed by atoms with Gasteiger partial charge >= 0.3 is 0 Å². The van der Waals surface area contributed by atoms with Crippen molar-refractivity contribution in [3.8, 4) is 0 Å². The molecule has 0 aliphatic rings. The summed E-state index contributed by atoms with van der Waals surface area (Å²) < 4.78 is 0. The lowest BCUT2D eigenvalue weighted by Crippen LogP contribution is -2.00. The van der Waals surface area contributed by atoms with Gasteiger partial charge < -0.3 is 5.32 Å². The van der Waals surface area contributed by atoms with Crippen molar-refractivity contribution in [2.24, 2.45) is 4.99 Å². The predicted octanol–water partition coefficient (Wildman–Crippen LogP) is 3.53. The van der Waals surface area contributed by atoms with Gasteiger partial charge in [0.1, 0.15) is 0 Å². The van der Waals surface area contributed by atoms with E-state index in [4.69, 9.17) is 11.6 Å². The Morgan fingerprint density at radius 3 is 2.71 bits per heavy atom. The van der Waals surface area contributed by atoms with E-state index < -0.39 is 0 Å². The minimum Gasteiger partial charge on any atom is -0.347 e. The average molecular weight is 211 g/mol. The second-order valence-corrected chi connectivity index (χ2v) is 3.85. The van der Waals surface area contributed by atoms with Crippen LogP contribution in [0.5, 0.6) is 0 Å². The quantitative estimate of drug-likeness (QED) is 0.599. The third-order valence-corrected chi connectivity index (χ3v) is 2.22. The Balaban J connectivity index is 3.02. The summed E-state index contributed by atoms with van der Waals surface area (Å²) in [7, 11) is 1.73. The monoisotopic (exact) mass is 210 g/mol. The molecule has 0 bridgehead atoms. The first-order valence-corrected chi connectivity index (χ1v) is 4.99. The fraction of sp³-hybridized carbons (Fsp3) is 0.364. The molecule has 1 N–H and O–H groups in total. The number of nitrogens with zero attached hydrogens (tertiary/aromatic N) is 1. The maximum atomic E-state index is 5.93. The van der Waals surface area contributed by atoms with Crippen LogP contribution in [0, 0.1) is 0 Å². The number of rotatable bonds is 3. The summed E-state index contributed by atoms with van der Waals surface area (Å²) in [6, 6.07) is 5.83. The van der Waals surface area contributed by atoms with Gasteiger partial charge in [-0.25, -0.2) is 0 Å². The van der Waals surface area contributed by atoms with Gasteiger partial charge in [-0.1, -0.05) is 25.4 Å². The third kappa shape index (κ3) is 2.74. The first kappa shape index (κ1) is 11.1. The summed E-state index contributed by atoms with van der Waals surface area (Å²) in [6.45, 7) is 4.28. The predicted molar refractivity (Wildman–Crippen MR) is 63.6 cm³/mol. The van der Waals surface area contributed by atoms with Crippen molar-refractivity contribution in [1.29, 1.82) is 0 Å². The van der Waals surface area contributed by atoms with Crippen LogP contribution < -0.4 is 5.32 Å². The van der Waals surface area contributed by atoms with Gasteiger partial charge in [0.15, 0.2) is 0 Å². The Kier molecular flexibility index (Phi) is 3.96. The molecule has 0 saturated heterocycles. The van der Waals surface area contributed by atoms with Gasteiger partial charge in [-0.15, -0.1) is 0 Å². The van der Waals surface area contributed by atoms with E-state index in [1.807, 2.05) is 18.2 Å². The first-order chi connectivity index (χ1) is 6.65. The highest BCUT2D eigenvalue weighted by Crippen LogP contribution is 2.26. The van der Waals surface area contributed by atoms with Crippen molar-refractivity contribution in [2.45, 2.75) is 19.8 Å². The summed E-state index contributed by atoms with van der Waals surface area (Å²) in [5.74, 6) is 0.446. The smallest absolute Gasteiger partial charge is 0.0864 e. The molecule has 0 atom stereocenters. The maximum absolute atomic E-state index is 5.93. The van der Waals surface area contributed by atoms with Crippen LogP contribution in [0.4, 0.5) is 5.69 Å². The minimum atomic E-state index is 0.446. The number of nitrogens with one attached hydrogen (secondary N) is 1. The summed E-state index contributed by atoms with van der Waals surface area (Å²) in [5.41, 5.74) is 2.27. The molecule has 0 aliphatic carbocycles. The number of hydrogen-bond acceptors (Lipinski definition) is 1. The van der Waals surface area contributed by atoms with E-state index in [1.54, 1.807) is 13.4 Å². The minimum absolute atomic E-state index is 0.446. The van der Waals surface area contributed by atoms with Crippen molar-refractivity contribution < 1.29 is 0 Å². The average Bonchev–Trinajstić information content (AvgIpc) is 2.15. The van der Waals surface area contributed by atoms with E-state index in [9.17, 15) is 0 Å². The van der Waals surface area contributed by atoms with E-state index in [1.165, 1.54) is 5.56 Å². The summed E-state index contributed by atoms with van der Waals surface area (Å²) in [6.07, 6.45) is 1.68. The molecule has 0 unspecified atom stereocenters. The molecule has 0 radical (unpaired) electrons. The molecule has 0 amide bonds. The Hall–Kier alpha value is -1.02. The van der Waals surface area contributed by atoms with Gasteiger partial charge in [0.2, 0.25) is 0 Å². The largest absolute Gasteiger partial charge is 0.347 e. The van der Waals surface area contributed by atoms with Crippen LogP contribution in [-0.2, 0) is 0 Å². The Labute approximate surface area is 90.0 Å². The van der Waals surface area contributed by atoms with Gasteiger partial charge in [0.05, 0.1) is 6.34 Å². The van der Waals surface area contributed by atoms with Crippen LogP contribution in [0.3, 0.4) is 0 Å². The van der Waals surface area contributed by atoms with Gasteiger partial charge in [-0.2, -0.15) is 0 Å². The summed E-state index contributed by atoms with van der Waals surface area (Å²) in [5, 5.41) is 3.89. The maximum Gasteiger partial charge on any atom is 0.0864 e. The van der Waals surface area contributed by atoms with Crippen molar-refractivity contribution in [3.63, 3.8) is 0 Å². The van der Waals surface area contributed by atoms with Crippen molar-refractivity contribution in [3.05, 3.63) is 28.8 Å². The lowest BCUT2D eigenvalue weighted by Gasteiger charge is -2.12. The third-order valence-electron chi connectivity index (χ3n) is 1.98. The Morgan fingerprint density at radius 1 is 1.43 bits per heavy atom. The standard InChI is InChI=1S/C11H15ClN2/c1-8(2)10-6-9(12)4-5-11(10)14-7-13-3/h4-8H,1-3H3,(H,13,14). The van der Waals surface area contributed by atoms with E-state index in [0.29, 0.717) is 5.92 Å². The highest BCUT2D eigenvalue weighted by atomic mass is 35.5.